The van der Waals surface area contributed by atoms with Crippen molar-refractivity contribution in [2.24, 2.45) is 5.41 Å². The third-order valence-corrected chi connectivity index (χ3v) is 5.60. The molecule has 1 aromatic heterocycles. The Morgan fingerprint density at radius 1 is 1.28 bits per heavy atom. The Hall–Kier alpha value is -2.21. The molecule has 2 aliphatic heterocycles. The van der Waals surface area contributed by atoms with Gasteiger partial charge in [0.2, 0.25) is 5.91 Å². The van der Waals surface area contributed by atoms with Crippen LogP contribution in [-0.2, 0) is 17.9 Å². The number of benzene rings is 1. The minimum Gasteiger partial charge on any atom is -0.364 e. The third-order valence-electron chi connectivity index (χ3n) is 5.60. The van der Waals surface area contributed by atoms with Gasteiger partial charge in [0.15, 0.2) is 0 Å². The van der Waals surface area contributed by atoms with Crippen LogP contribution >= 0.6 is 0 Å². The lowest BCUT2D eigenvalue weighted by Crippen LogP contribution is -2.36. The fourth-order valence-corrected chi connectivity index (χ4v) is 4.09. The largest absolute Gasteiger partial charge is 0.364 e. The van der Waals surface area contributed by atoms with Crippen LogP contribution in [0, 0.1) is 18.2 Å². The van der Waals surface area contributed by atoms with Crippen LogP contribution in [0.4, 0.5) is 4.39 Å². The fourth-order valence-electron chi connectivity index (χ4n) is 4.09. The smallest absolute Gasteiger partial charge is 0.230 e. The predicted molar refractivity (Wildman–Crippen MR) is 90.0 cm³/mol. The summed E-state index contributed by atoms with van der Waals surface area (Å²) in [5.41, 5.74) is 2.74. The van der Waals surface area contributed by atoms with Crippen LogP contribution < -0.4 is 0 Å². The van der Waals surface area contributed by atoms with Crippen LogP contribution in [0.3, 0.4) is 0 Å². The summed E-state index contributed by atoms with van der Waals surface area (Å²) in [5, 5.41) is 3.70. The summed E-state index contributed by atoms with van der Waals surface area (Å²) in [5.74, 6) is 0.0264. The van der Waals surface area contributed by atoms with Crippen LogP contribution in [0.5, 0.6) is 0 Å². The SMILES string of the molecule is Cc1ccc(F)cc1CN1CCC2(CCN(Cc3cnoc3)C2=O)C1. The number of halogens is 1. The summed E-state index contributed by atoms with van der Waals surface area (Å²) in [6, 6.07) is 4.92. The molecule has 2 fully saturated rings. The van der Waals surface area contributed by atoms with E-state index in [1.807, 2.05) is 17.9 Å². The summed E-state index contributed by atoms with van der Waals surface area (Å²) in [6.45, 7) is 5.67. The number of hydrogen-bond donors (Lipinski definition) is 0. The molecule has 1 spiro atoms. The summed E-state index contributed by atoms with van der Waals surface area (Å²) in [6.07, 6.45) is 5.01. The number of nitrogens with zero attached hydrogens (tertiary/aromatic N) is 3. The molecule has 1 amide bonds. The molecule has 2 aromatic rings. The van der Waals surface area contributed by atoms with Gasteiger partial charge in [0, 0.05) is 25.2 Å². The zero-order valence-electron chi connectivity index (χ0n) is 14.4. The molecule has 6 heteroatoms. The molecule has 0 radical (unpaired) electrons. The maximum absolute atomic E-state index is 13.5. The Morgan fingerprint density at radius 2 is 2.12 bits per heavy atom. The van der Waals surface area contributed by atoms with Crippen molar-refractivity contribution < 1.29 is 13.7 Å². The van der Waals surface area contributed by atoms with E-state index >= 15 is 0 Å². The Kier molecular flexibility index (Phi) is 4.07. The highest BCUT2D eigenvalue weighted by atomic mass is 19.1. The average molecular weight is 343 g/mol. The number of aromatic nitrogens is 1. The first-order chi connectivity index (χ1) is 12.1. The van der Waals surface area contributed by atoms with E-state index in [-0.39, 0.29) is 17.1 Å². The summed E-state index contributed by atoms with van der Waals surface area (Å²) in [7, 11) is 0. The van der Waals surface area contributed by atoms with Crippen molar-refractivity contribution in [3.63, 3.8) is 0 Å². The van der Waals surface area contributed by atoms with Gasteiger partial charge in [0.05, 0.1) is 18.2 Å². The highest BCUT2D eigenvalue weighted by molar-refractivity contribution is 5.85. The highest BCUT2D eigenvalue weighted by Gasteiger charge is 2.50. The molecule has 0 saturated carbocycles. The molecule has 0 N–H and O–H groups in total. The summed E-state index contributed by atoms with van der Waals surface area (Å²) < 4.78 is 18.4. The number of hydrogen-bond acceptors (Lipinski definition) is 4. The Morgan fingerprint density at radius 3 is 2.92 bits per heavy atom. The Balaban J connectivity index is 1.43. The molecule has 5 nitrogen and oxygen atoms in total. The summed E-state index contributed by atoms with van der Waals surface area (Å²) >= 11 is 0. The maximum atomic E-state index is 13.5. The molecule has 25 heavy (non-hydrogen) atoms. The molecular weight excluding hydrogens is 321 g/mol. The van der Waals surface area contributed by atoms with Gasteiger partial charge in [0.25, 0.3) is 0 Å². The quantitative estimate of drug-likeness (QED) is 0.856. The van der Waals surface area contributed by atoms with Crippen molar-refractivity contribution in [2.75, 3.05) is 19.6 Å². The van der Waals surface area contributed by atoms with Crippen LogP contribution in [0.2, 0.25) is 0 Å². The van der Waals surface area contributed by atoms with Gasteiger partial charge >= 0.3 is 0 Å². The van der Waals surface area contributed by atoms with Gasteiger partial charge in [-0.2, -0.15) is 0 Å². The molecule has 1 unspecified atom stereocenters. The second-order valence-electron chi connectivity index (χ2n) is 7.32. The maximum Gasteiger partial charge on any atom is 0.230 e. The minimum atomic E-state index is -0.279. The lowest BCUT2D eigenvalue weighted by Gasteiger charge is -2.24. The zero-order chi connectivity index (χ0) is 17.4. The monoisotopic (exact) mass is 343 g/mol. The van der Waals surface area contributed by atoms with E-state index in [9.17, 15) is 9.18 Å². The van der Waals surface area contributed by atoms with Crippen molar-refractivity contribution >= 4 is 5.91 Å². The van der Waals surface area contributed by atoms with Gasteiger partial charge < -0.3 is 9.42 Å². The molecule has 4 rings (SSSR count). The van der Waals surface area contributed by atoms with Crippen LogP contribution in [0.15, 0.2) is 35.2 Å². The topological polar surface area (TPSA) is 49.6 Å². The van der Waals surface area contributed by atoms with E-state index in [0.717, 1.165) is 49.2 Å². The van der Waals surface area contributed by atoms with E-state index in [1.54, 1.807) is 18.5 Å². The van der Waals surface area contributed by atoms with Gasteiger partial charge in [-0.05, 0) is 49.6 Å². The van der Waals surface area contributed by atoms with Crippen LogP contribution in [0.1, 0.15) is 29.5 Å². The number of aryl methyl sites for hydroxylation is 1. The normalized spacial score (nSPS) is 23.9. The van der Waals surface area contributed by atoms with Crippen molar-refractivity contribution in [3.05, 3.63) is 53.2 Å². The van der Waals surface area contributed by atoms with Gasteiger partial charge in [0.1, 0.15) is 12.1 Å². The molecule has 3 heterocycles. The lowest BCUT2D eigenvalue weighted by atomic mass is 9.85. The van der Waals surface area contributed by atoms with E-state index in [4.69, 9.17) is 4.52 Å². The van der Waals surface area contributed by atoms with E-state index in [0.29, 0.717) is 13.1 Å². The van der Waals surface area contributed by atoms with Crippen molar-refractivity contribution in [3.8, 4) is 0 Å². The zero-order valence-corrected chi connectivity index (χ0v) is 14.4. The van der Waals surface area contributed by atoms with Gasteiger partial charge in [-0.3, -0.25) is 9.69 Å². The standard InChI is InChI=1S/C19H22FN3O2/c1-14-2-3-17(20)8-16(14)11-22-6-4-19(13-22)5-7-23(18(19)24)10-15-9-21-25-12-15/h2-3,8-9,12H,4-7,10-11,13H2,1H3. The molecule has 1 aromatic carbocycles. The van der Waals surface area contributed by atoms with Gasteiger partial charge in [-0.25, -0.2) is 4.39 Å². The highest BCUT2D eigenvalue weighted by Crippen LogP contribution is 2.41. The molecule has 2 saturated heterocycles. The predicted octanol–water partition coefficient (Wildman–Crippen LogP) is 2.75. The van der Waals surface area contributed by atoms with Crippen molar-refractivity contribution in [2.45, 2.75) is 32.9 Å². The Labute approximate surface area is 146 Å². The molecule has 0 bridgehead atoms. The lowest BCUT2D eigenvalue weighted by molar-refractivity contribution is -0.136. The van der Waals surface area contributed by atoms with Gasteiger partial charge in [-0.15, -0.1) is 0 Å². The average Bonchev–Trinajstić information content (AvgIpc) is 3.30. The first-order valence-corrected chi connectivity index (χ1v) is 8.71. The third kappa shape index (κ3) is 3.06. The first kappa shape index (κ1) is 16.3. The number of carbonyl (C=O) groups excluding carboxylic acids is 1. The Bertz CT molecular complexity index is 777. The number of rotatable bonds is 4. The molecule has 1 atom stereocenters. The second kappa shape index (κ2) is 6.26. The molecule has 2 aliphatic rings. The van der Waals surface area contributed by atoms with Gasteiger partial charge in [-0.1, -0.05) is 11.2 Å². The fraction of sp³-hybridized carbons (Fsp3) is 0.474. The number of amides is 1. The second-order valence-corrected chi connectivity index (χ2v) is 7.32. The molecule has 0 aliphatic carbocycles. The summed E-state index contributed by atoms with van der Waals surface area (Å²) in [4.78, 5) is 17.1. The van der Waals surface area contributed by atoms with Crippen molar-refractivity contribution in [1.29, 1.82) is 0 Å². The van der Waals surface area contributed by atoms with E-state index < -0.39 is 0 Å². The number of carbonyl (C=O) groups is 1. The minimum absolute atomic E-state index is 0.202. The van der Waals surface area contributed by atoms with Crippen LogP contribution in [-0.4, -0.2) is 40.5 Å². The number of likely N-dealkylation sites (tertiary alicyclic amines) is 2. The van der Waals surface area contributed by atoms with Crippen LogP contribution in [0.25, 0.3) is 0 Å². The first-order valence-electron chi connectivity index (χ1n) is 8.71. The van der Waals surface area contributed by atoms with E-state index in [2.05, 4.69) is 10.1 Å². The van der Waals surface area contributed by atoms with Crippen molar-refractivity contribution in [1.82, 2.24) is 15.0 Å². The van der Waals surface area contributed by atoms with E-state index in [1.165, 1.54) is 6.07 Å². The molecule has 132 valence electrons. The molecular formula is C19H22FN3O2.